The van der Waals surface area contributed by atoms with Gasteiger partial charge >= 0.3 is 0 Å². The summed E-state index contributed by atoms with van der Waals surface area (Å²) in [5, 5.41) is 5.88. The number of aryl methyl sites for hydroxylation is 1. The van der Waals surface area contributed by atoms with Gasteiger partial charge in [-0.05, 0) is 37.4 Å². The molecule has 1 aliphatic heterocycles. The number of nitrogens with zero attached hydrogens (tertiary/aromatic N) is 2. The van der Waals surface area contributed by atoms with Gasteiger partial charge in [-0.15, -0.1) is 0 Å². The zero-order valence-corrected chi connectivity index (χ0v) is 11.0. The first-order valence-electron chi connectivity index (χ1n) is 6.55. The molecule has 0 unspecified atom stereocenters. The lowest BCUT2D eigenvalue weighted by atomic mass is 10.1. The SMILES string of the molecule is CN[C@H]1CCN(c2cc3cccc(C)c3cn2)C1. The minimum Gasteiger partial charge on any atom is -0.355 e. The van der Waals surface area contributed by atoms with Gasteiger partial charge in [0.2, 0.25) is 0 Å². The Morgan fingerprint density at radius 3 is 3.06 bits per heavy atom. The van der Waals surface area contributed by atoms with Crippen LogP contribution in [0.2, 0.25) is 0 Å². The molecule has 3 nitrogen and oxygen atoms in total. The van der Waals surface area contributed by atoms with E-state index in [1.807, 2.05) is 13.2 Å². The number of aromatic nitrogens is 1. The van der Waals surface area contributed by atoms with E-state index in [4.69, 9.17) is 0 Å². The third kappa shape index (κ3) is 1.95. The maximum Gasteiger partial charge on any atom is 0.129 e. The number of nitrogens with one attached hydrogen (secondary N) is 1. The summed E-state index contributed by atoms with van der Waals surface area (Å²) >= 11 is 0. The fraction of sp³-hybridized carbons (Fsp3) is 0.400. The van der Waals surface area contributed by atoms with E-state index < -0.39 is 0 Å². The Labute approximate surface area is 108 Å². The van der Waals surface area contributed by atoms with Gasteiger partial charge in [-0.1, -0.05) is 18.2 Å². The molecule has 1 aliphatic rings. The molecule has 3 rings (SSSR count). The smallest absolute Gasteiger partial charge is 0.129 e. The molecule has 18 heavy (non-hydrogen) atoms. The molecule has 2 aromatic rings. The van der Waals surface area contributed by atoms with Gasteiger partial charge in [0.15, 0.2) is 0 Å². The van der Waals surface area contributed by atoms with Crippen molar-refractivity contribution in [2.24, 2.45) is 0 Å². The zero-order chi connectivity index (χ0) is 12.5. The molecular formula is C15H19N3. The summed E-state index contributed by atoms with van der Waals surface area (Å²) in [6.07, 6.45) is 3.21. The van der Waals surface area contributed by atoms with Crippen molar-refractivity contribution >= 4 is 16.6 Å². The Morgan fingerprint density at radius 2 is 2.28 bits per heavy atom. The van der Waals surface area contributed by atoms with Crippen molar-refractivity contribution in [3.63, 3.8) is 0 Å². The molecule has 0 radical (unpaired) electrons. The molecule has 0 amide bonds. The van der Waals surface area contributed by atoms with Crippen molar-refractivity contribution in [2.75, 3.05) is 25.0 Å². The predicted molar refractivity (Wildman–Crippen MR) is 76.2 cm³/mol. The first kappa shape index (κ1) is 11.5. The van der Waals surface area contributed by atoms with Crippen LogP contribution in [0.1, 0.15) is 12.0 Å². The number of hydrogen-bond acceptors (Lipinski definition) is 3. The highest BCUT2D eigenvalue weighted by Gasteiger charge is 2.21. The third-order valence-corrected chi connectivity index (χ3v) is 3.89. The van der Waals surface area contributed by atoms with E-state index in [1.54, 1.807) is 0 Å². The molecule has 3 heteroatoms. The fourth-order valence-corrected chi connectivity index (χ4v) is 2.69. The number of hydrogen-bond donors (Lipinski definition) is 1. The lowest BCUT2D eigenvalue weighted by molar-refractivity contribution is 0.616. The Balaban J connectivity index is 1.94. The van der Waals surface area contributed by atoms with E-state index in [0.717, 1.165) is 18.9 Å². The van der Waals surface area contributed by atoms with Gasteiger partial charge in [-0.2, -0.15) is 0 Å². The van der Waals surface area contributed by atoms with Crippen molar-refractivity contribution in [3.05, 3.63) is 36.0 Å². The Hall–Kier alpha value is -1.61. The molecule has 94 valence electrons. The van der Waals surface area contributed by atoms with Gasteiger partial charge in [0, 0.05) is 30.7 Å². The van der Waals surface area contributed by atoms with E-state index in [1.165, 1.54) is 22.8 Å². The van der Waals surface area contributed by atoms with Crippen LogP contribution in [0.5, 0.6) is 0 Å². The van der Waals surface area contributed by atoms with Gasteiger partial charge < -0.3 is 10.2 Å². The van der Waals surface area contributed by atoms with Crippen molar-refractivity contribution in [1.29, 1.82) is 0 Å². The first-order valence-corrected chi connectivity index (χ1v) is 6.55. The molecule has 0 spiro atoms. The summed E-state index contributed by atoms with van der Waals surface area (Å²) in [5.41, 5.74) is 1.29. The standard InChI is InChI=1S/C15H19N3/c1-11-4-3-5-12-8-15(17-9-14(11)12)18-7-6-13(10-18)16-2/h3-5,8-9,13,16H,6-7,10H2,1-2H3/t13-/m0/s1. The van der Waals surface area contributed by atoms with Crippen LogP contribution in [0, 0.1) is 6.92 Å². The first-order chi connectivity index (χ1) is 8.78. The van der Waals surface area contributed by atoms with Gasteiger partial charge in [-0.25, -0.2) is 4.98 Å². The summed E-state index contributed by atoms with van der Waals surface area (Å²) in [5.74, 6) is 1.10. The molecule has 1 atom stereocenters. The molecule has 0 saturated carbocycles. The van der Waals surface area contributed by atoms with Crippen molar-refractivity contribution in [1.82, 2.24) is 10.3 Å². The van der Waals surface area contributed by atoms with E-state index in [2.05, 4.69) is 46.4 Å². The lowest BCUT2D eigenvalue weighted by Gasteiger charge is -2.18. The Morgan fingerprint density at radius 1 is 1.39 bits per heavy atom. The highest BCUT2D eigenvalue weighted by atomic mass is 15.2. The number of likely N-dealkylation sites (N-methyl/N-ethyl adjacent to an activating group) is 1. The molecule has 1 aromatic heterocycles. The summed E-state index contributed by atoms with van der Waals surface area (Å²) in [7, 11) is 2.03. The molecule has 1 aromatic carbocycles. The van der Waals surface area contributed by atoms with Crippen molar-refractivity contribution < 1.29 is 0 Å². The highest BCUT2D eigenvalue weighted by molar-refractivity contribution is 5.86. The maximum absolute atomic E-state index is 4.62. The van der Waals surface area contributed by atoms with E-state index in [0.29, 0.717) is 6.04 Å². The van der Waals surface area contributed by atoms with Crippen LogP contribution < -0.4 is 10.2 Å². The summed E-state index contributed by atoms with van der Waals surface area (Å²) in [4.78, 5) is 6.98. The second-order valence-corrected chi connectivity index (χ2v) is 5.06. The van der Waals surface area contributed by atoms with Gasteiger partial charge in [0.1, 0.15) is 5.82 Å². The topological polar surface area (TPSA) is 28.2 Å². The average Bonchev–Trinajstić information content (AvgIpc) is 2.87. The monoisotopic (exact) mass is 241 g/mol. The van der Waals surface area contributed by atoms with Crippen molar-refractivity contribution in [3.8, 4) is 0 Å². The second kappa shape index (κ2) is 4.58. The summed E-state index contributed by atoms with van der Waals surface area (Å²) in [6.45, 7) is 4.28. The van der Waals surface area contributed by atoms with Crippen LogP contribution in [-0.2, 0) is 0 Å². The molecular weight excluding hydrogens is 222 g/mol. The van der Waals surface area contributed by atoms with Crippen LogP contribution in [0.25, 0.3) is 10.8 Å². The van der Waals surface area contributed by atoms with Crippen LogP contribution >= 0.6 is 0 Å². The molecule has 1 N–H and O–H groups in total. The normalized spacial score (nSPS) is 19.7. The average molecular weight is 241 g/mol. The molecule has 1 fully saturated rings. The van der Waals surface area contributed by atoms with Crippen LogP contribution in [0.4, 0.5) is 5.82 Å². The van der Waals surface area contributed by atoms with Gasteiger partial charge in [0.25, 0.3) is 0 Å². The third-order valence-electron chi connectivity index (χ3n) is 3.89. The molecule has 1 saturated heterocycles. The minimum absolute atomic E-state index is 0.597. The number of fused-ring (bicyclic) bond motifs is 1. The minimum atomic E-state index is 0.597. The van der Waals surface area contributed by atoms with E-state index in [9.17, 15) is 0 Å². The lowest BCUT2D eigenvalue weighted by Crippen LogP contribution is -2.29. The van der Waals surface area contributed by atoms with Crippen LogP contribution in [-0.4, -0.2) is 31.2 Å². The number of rotatable bonds is 2. The molecule has 0 bridgehead atoms. The number of anilines is 1. The molecule has 2 heterocycles. The van der Waals surface area contributed by atoms with Gasteiger partial charge in [-0.3, -0.25) is 0 Å². The number of benzene rings is 1. The number of pyridine rings is 1. The Bertz CT molecular complexity index is 565. The largest absolute Gasteiger partial charge is 0.355 e. The van der Waals surface area contributed by atoms with E-state index >= 15 is 0 Å². The highest BCUT2D eigenvalue weighted by Crippen LogP contribution is 2.24. The molecule has 0 aliphatic carbocycles. The predicted octanol–water partition coefficient (Wildman–Crippen LogP) is 2.34. The van der Waals surface area contributed by atoms with Crippen LogP contribution in [0.3, 0.4) is 0 Å². The summed E-state index contributed by atoms with van der Waals surface area (Å²) < 4.78 is 0. The second-order valence-electron chi connectivity index (χ2n) is 5.06. The van der Waals surface area contributed by atoms with Gasteiger partial charge in [0.05, 0.1) is 0 Å². The maximum atomic E-state index is 4.62. The quantitative estimate of drug-likeness (QED) is 0.874. The van der Waals surface area contributed by atoms with E-state index in [-0.39, 0.29) is 0 Å². The van der Waals surface area contributed by atoms with Crippen molar-refractivity contribution in [2.45, 2.75) is 19.4 Å². The Kier molecular flexibility index (Phi) is 2.92. The van der Waals surface area contributed by atoms with Crippen LogP contribution in [0.15, 0.2) is 30.5 Å². The zero-order valence-electron chi connectivity index (χ0n) is 11.0. The summed E-state index contributed by atoms with van der Waals surface area (Å²) in [6, 6.07) is 9.22. The fourth-order valence-electron chi connectivity index (χ4n) is 2.69.